The topological polar surface area (TPSA) is 201 Å². The maximum absolute atomic E-state index is 12.7. The third kappa shape index (κ3) is 4.85. The van der Waals surface area contributed by atoms with E-state index in [4.69, 9.17) is 9.15 Å². The molecular weight excluding hydrogens is 555 g/mol. The quantitative estimate of drug-likeness (QED) is 0.143. The van der Waals surface area contributed by atoms with Crippen molar-refractivity contribution in [2.24, 2.45) is 0 Å². The first-order chi connectivity index (χ1) is 15.6. The summed E-state index contributed by atoms with van der Waals surface area (Å²) < 4.78 is 12.3. The van der Waals surface area contributed by atoms with E-state index in [1.165, 1.54) is 16.2 Å². The van der Waals surface area contributed by atoms with Crippen LogP contribution in [0.15, 0.2) is 49.1 Å². The van der Waals surface area contributed by atoms with Gasteiger partial charge < -0.3 is 50.0 Å². The van der Waals surface area contributed by atoms with E-state index >= 15 is 0 Å². The monoisotopic (exact) mass is 576 g/mol. The highest BCUT2D eigenvalue weighted by molar-refractivity contribution is 14.1. The van der Waals surface area contributed by atoms with Crippen LogP contribution in [0.3, 0.4) is 0 Å². The van der Waals surface area contributed by atoms with E-state index in [1.807, 2.05) is 22.6 Å². The van der Waals surface area contributed by atoms with Crippen LogP contribution in [-0.4, -0.2) is 71.9 Å². The Hall–Kier alpha value is -2.62. The molecule has 5 atom stereocenters. The Morgan fingerprint density at radius 2 is 1.70 bits per heavy atom. The largest absolute Gasteiger partial charge is 0.507 e. The van der Waals surface area contributed by atoms with Crippen LogP contribution < -0.4 is 5.43 Å². The second-order valence-electron chi connectivity index (χ2n) is 7.19. The van der Waals surface area contributed by atoms with Gasteiger partial charge in [-0.25, -0.2) is 0 Å². The number of allylic oxidation sites excluding steroid dienone is 2. The molecule has 0 bridgehead atoms. The van der Waals surface area contributed by atoms with Gasteiger partial charge >= 0.3 is 0 Å². The summed E-state index contributed by atoms with van der Waals surface area (Å²) in [6, 6.07) is 1.96. The molecule has 12 heteroatoms. The number of aromatic hydroxyl groups is 2. The van der Waals surface area contributed by atoms with Crippen LogP contribution in [-0.2, 0) is 4.74 Å². The molecule has 2 heterocycles. The fourth-order valence-electron chi connectivity index (χ4n) is 3.42. The van der Waals surface area contributed by atoms with E-state index in [1.54, 1.807) is 0 Å². The lowest BCUT2D eigenvalue weighted by Gasteiger charge is -2.40. The predicted molar refractivity (Wildman–Crippen MR) is 123 cm³/mol. The van der Waals surface area contributed by atoms with Crippen molar-refractivity contribution in [3.63, 3.8) is 0 Å². The Bertz CT molecular complexity index is 1180. The third-order valence-corrected chi connectivity index (χ3v) is 5.45. The zero-order valence-corrected chi connectivity index (χ0v) is 18.9. The molecule has 1 aromatic heterocycles. The molecule has 8 N–H and O–H groups in total. The summed E-state index contributed by atoms with van der Waals surface area (Å²) in [6.07, 6.45) is -4.63. The van der Waals surface area contributed by atoms with Crippen molar-refractivity contribution in [2.45, 2.75) is 30.5 Å². The van der Waals surface area contributed by atoms with Crippen LogP contribution in [0.1, 0.15) is 17.4 Å². The summed E-state index contributed by atoms with van der Waals surface area (Å²) in [7, 11) is 0. The van der Waals surface area contributed by atoms with Gasteiger partial charge in [0.15, 0.2) is 16.9 Å². The maximum Gasteiger partial charge on any atom is 0.197 e. The highest BCUT2D eigenvalue weighted by Gasteiger charge is 2.46. The van der Waals surface area contributed by atoms with Gasteiger partial charge in [-0.3, -0.25) is 4.79 Å². The number of phenolic OH excluding ortho intramolecular Hbond substituents is 2. The van der Waals surface area contributed by atoms with Crippen LogP contribution in [0, 0.1) is 0 Å². The lowest BCUT2D eigenvalue weighted by Crippen LogP contribution is -2.55. The minimum atomic E-state index is -1.80. The van der Waals surface area contributed by atoms with Crippen molar-refractivity contribution in [1.82, 2.24) is 0 Å². The molecule has 0 saturated carbocycles. The molecule has 1 saturated heterocycles. The molecule has 1 fully saturated rings. The number of aliphatic hydroxyl groups excluding tert-OH is 6. The molecular formula is C21H21IO11. The van der Waals surface area contributed by atoms with Crippen LogP contribution in [0.4, 0.5) is 0 Å². The fraction of sp³-hybridized carbons (Fsp3) is 0.286. The Labute approximate surface area is 199 Å². The van der Waals surface area contributed by atoms with Gasteiger partial charge in [0.1, 0.15) is 58.7 Å². The number of hydrogen-bond acceptors (Lipinski definition) is 11. The molecule has 2 aromatic rings. The third-order valence-electron chi connectivity index (χ3n) is 5.10. The van der Waals surface area contributed by atoms with E-state index < -0.39 is 71.1 Å². The normalized spacial score (nSPS) is 26.9. The summed E-state index contributed by atoms with van der Waals surface area (Å²) in [4.78, 5) is 12.7. The SMILES string of the molecule is O=c1cc(/C=C/C(O)=C(O)\C=C/I)oc2cc(O)c([C@@H]3O[C@H](CO)[C@@H](O)[C@H](O)[C@H]3O)c(O)c12. The molecule has 0 spiro atoms. The van der Waals surface area contributed by atoms with Gasteiger partial charge in [0.2, 0.25) is 0 Å². The number of fused-ring (bicyclic) bond motifs is 1. The van der Waals surface area contributed by atoms with Crippen LogP contribution in [0.25, 0.3) is 17.0 Å². The summed E-state index contributed by atoms with van der Waals surface area (Å²) in [5.74, 6) is -2.45. The van der Waals surface area contributed by atoms with Gasteiger partial charge in [-0.2, -0.15) is 0 Å². The first-order valence-corrected chi connectivity index (χ1v) is 10.8. The minimum absolute atomic E-state index is 0.0790. The van der Waals surface area contributed by atoms with E-state index in [0.717, 1.165) is 18.2 Å². The van der Waals surface area contributed by atoms with Gasteiger partial charge in [0.25, 0.3) is 0 Å². The molecule has 11 nitrogen and oxygen atoms in total. The molecule has 1 aliphatic heterocycles. The van der Waals surface area contributed by atoms with Crippen LogP contribution in [0.5, 0.6) is 11.5 Å². The number of ether oxygens (including phenoxy) is 1. The molecule has 0 radical (unpaired) electrons. The second kappa shape index (κ2) is 10.1. The van der Waals surface area contributed by atoms with Crippen molar-refractivity contribution in [2.75, 3.05) is 6.61 Å². The van der Waals surface area contributed by atoms with Crippen molar-refractivity contribution in [3.05, 3.63) is 61.4 Å². The standard InChI is InChI=1S/C21H21IO11/c22-4-3-10(25)9(24)2-1-8-5-11(26)15-13(32-8)6-12(27)16(18(15)29)21-20(31)19(30)17(28)14(7-23)33-21/h1-6,14,17,19-21,23-25,27-31H,7H2/b2-1+,4-3-,10-9-/t14-,17-,19+,20-,21+/m1/s1. The molecule has 3 rings (SSSR count). The van der Waals surface area contributed by atoms with Gasteiger partial charge in [-0.05, 0) is 22.3 Å². The predicted octanol–water partition coefficient (Wildman–Crippen LogP) is 1.01. The zero-order valence-electron chi connectivity index (χ0n) is 16.7. The summed E-state index contributed by atoms with van der Waals surface area (Å²) >= 11 is 1.84. The van der Waals surface area contributed by atoms with Gasteiger partial charge in [-0.1, -0.05) is 22.6 Å². The Balaban J connectivity index is 2.08. The average Bonchev–Trinajstić information content (AvgIpc) is 2.76. The van der Waals surface area contributed by atoms with Crippen molar-refractivity contribution in [3.8, 4) is 11.5 Å². The van der Waals surface area contributed by atoms with E-state index in [9.17, 15) is 45.6 Å². The summed E-state index contributed by atoms with van der Waals surface area (Å²) in [5.41, 5.74) is -1.43. The second-order valence-corrected chi connectivity index (χ2v) is 7.91. The summed E-state index contributed by atoms with van der Waals surface area (Å²) in [6.45, 7) is -0.723. The van der Waals surface area contributed by atoms with Crippen molar-refractivity contribution >= 4 is 39.6 Å². The zero-order chi connectivity index (χ0) is 24.4. The molecule has 1 aromatic carbocycles. The number of phenols is 2. The molecule has 1 aliphatic rings. The average molecular weight is 576 g/mol. The highest BCUT2D eigenvalue weighted by atomic mass is 127. The van der Waals surface area contributed by atoms with Gasteiger partial charge in [0.05, 0.1) is 12.2 Å². The number of aliphatic hydroxyl groups is 6. The lowest BCUT2D eigenvalue weighted by molar-refractivity contribution is -0.232. The Kier molecular flexibility index (Phi) is 7.66. The Morgan fingerprint density at radius 3 is 2.33 bits per heavy atom. The van der Waals surface area contributed by atoms with Crippen LogP contribution in [0.2, 0.25) is 0 Å². The summed E-state index contributed by atoms with van der Waals surface area (Å²) in [5, 5.41) is 79.8. The number of halogens is 1. The molecule has 0 amide bonds. The van der Waals surface area contributed by atoms with E-state index in [-0.39, 0.29) is 16.7 Å². The van der Waals surface area contributed by atoms with Crippen molar-refractivity contribution < 1.29 is 50.0 Å². The smallest absolute Gasteiger partial charge is 0.197 e. The van der Waals surface area contributed by atoms with E-state index in [2.05, 4.69) is 0 Å². The van der Waals surface area contributed by atoms with Crippen LogP contribution >= 0.6 is 22.6 Å². The maximum atomic E-state index is 12.7. The molecule has 33 heavy (non-hydrogen) atoms. The minimum Gasteiger partial charge on any atom is -0.507 e. The number of benzene rings is 1. The number of hydrogen-bond donors (Lipinski definition) is 8. The molecule has 0 unspecified atom stereocenters. The first kappa shape index (κ1) is 25.0. The van der Waals surface area contributed by atoms with Gasteiger partial charge in [0, 0.05) is 12.1 Å². The lowest BCUT2D eigenvalue weighted by atomic mass is 9.89. The molecule has 0 aliphatic carbocycles. The fourth-order valence-corrected chi connectivity index (χ4v) is 3.76. The first-order valence-electron chi connectivity index (χ1n) is 9.50. The number of rotatable bonds is 5. The van der Waals surface area contributed by atoms with Gasteiger partial charge in [-0.15, -0.1) is 0 Å². The highest BCUT2D eigenvalue weighted by Crippen LogP contribution is 2.44. The Morgan fingerprint density at radius 1 is 1.03 bits per heavy atom. The van der Waals surface area contributed by atoms with Crippen molar-refractivity contribution in [1.29, 1.82) is 0 Å². The molecule has 178 valence electrons. The van der Waals surface area contributed by atoms with E-state index in [0.29, 0.717) is 0 Å².